The van der Waals surface area contributed by atoms with Gasteiger partial charge in [-0.15, -0.1) is 0 Å². The Balaban J connectivity index is 2.35. The van der Waals surface area contributed by atoms with Crippen molar-refractivity contribution in [2.75, 3.05) is 17.2 Å². The van der Waals surface area contributed by atoms with E-state index in [0.717, 1.165) is 12.8 Å². The molecule has 20 heavy (non-hydrogen) atoms. The van der Waals surface area contributed by atoms with Crippen molar-refractivity contribution in [3.63, 3.8) is 0 Å². The van der Waals surface area contributed by atoms with E-state index in [2.05, 4.69) is 0 Å². The van der Waals surface area contributed by atoms with Gasteiger partial charge in [0.2, 0.25) is 5.91 Å². The van der Waals surface area contributed by atoms with Gasteiger partial charge >= 0.3 is 5.97 Å². The molecule has 2 unspecified atom stereocenters. The number of primary amides is 1. The highest BCUT2D eigenvalue weighted by Crippen LogP contribution is 2.32. The van der Waals surface area contributed by atoms with Crippen molar-refractivity contribution in [3.8, 4) is 0 Å². The number of aromatic carboxylic acids is 1. The van der Waals surface area contributed by atoms with Crippen LogP contribution in [0.4, 0.5) is 11.4 Å². The third-order valence-corrected chi connectivity index (χ3v) is 3.87. The molecular weight excluding hydrogens is 258 g/mol. The van der Waals surface area contributed by atoms with Crippen molar-refractivity contribution >= 4 is 23.3 Å². The Labute approximate surface area is 117 Å². The standard InChI is InChI=1S/C14H19N3O3/c1-8-2-3-10(13(16)18)7-17(8)12-6-9(14(19)20)4-5-11(12)15/h4-6,8,10H,2-3,7,15H2,1H3,(H2,16,18)(H,19,20). The van der Waals surface area contributed by atoms with Gasteiger partial charge in [-0.1, -0.05) is 0 Å². The molecule has 2 atom stereocenters. The van der Waals surface area contributed by atoms with E-state index in [9.17, 15) is 9.59 Å². The van der Waals surface area contributed by atoms with E-state index in [1.807, 2.05) is 11.8 Å². The van der Waals surface area contributed by atoms with Gasteiger partial charge in [-0.2, -0.15) is 0 Å². The van der Waals surface area contributed by atoms with Crippen molar-refractivity contribution in [1.29, 1.82) is 0 Å². The van der Waals surface area contributed by atoms with Crippen LogP contribution in [0.3, 0.4) is 0 Å². The number of carbonyl (C=O) groups is 2. The summed E-state index contributed by atoms with van der Waals surface area (Å²) in [5.41, 5.74) is 12.7. The van der Waals surface area contributed by atoms with Crippen molar-refractivity contribution in [1.82, 2.24) is 0 Å². The maximum Gasteiger partial charge on any atom is 0.335 e. The Morgan fingerprint density at radius 1 is 1.35 bits per heavy atom. The summed E-state index contributed by atoms with van der Waals surface area (Å²) in [5, 5.41) is 9.07. The van der Waals surface area contributed by atoms with Crippen LogP contribution >= 0.6 is 0 Å². The molecule has 2 rings (SSSR count). The topological polar surface area (TPSA) is 110 Å². The fraction of sp³-hybridized carbons (Fsp3) is 0.429. The molecule has 6 nitrogen and oxygen atoms in total. The molecule has 5 N–H and O–H groups in total. The van der Waals surface area contributed by atoms with E-state index in [1.165, 1.54) is 6.07 Å². The van der Waals surface area contributed by atoms with Crippen LogP contribution in [-0.2, 0) is 4.79 Å². The van der Waals surface area contributed by atoms with E-state index in [-0.39, 0.29) is 23.4 Å². The third kappa shape index (κ3) is 2.68. The lowest BCUT2D eigenvalue weighted by atomic mass is 9.92. The first-order valence-electron chi connectivity index (χ1n) is 6.59. The van der Waals surface area contributed by atoms with Gasteiger partial charge < -0.3 is 21.5 Å². The lowest BCUT2D eigenvalue weighted by Gasteiger charge is -2.39. The number of piperidine rings is 1. The van der Waals surface area contributed by atoms with Gasteiger partial charge in [0.25, 0.3) is 0 Å². The number of amides is 1. The Kier molecular flexibility index (Phi) is 3.83. The van der Waals surface area contributed by atoms with Crippen molar-refractivity contribution in [2.45, 2.75) is 25.8 Å². The minimum Gasteiger partial charge on any atom is -0.478 e. The number of nitrogens with two attached hydrogens (primary N) is 2. The minimum atomic E-state index is -0.998. The van der Waals surface area contributed by atoms with Gasteiger partial charge in [-0.3, -0.25) is 4.79 Å². The summed E-state index contributed by atoms with van der Waals surface area (Å²) in [6.07, 6.45) is 1.58. The lowest BCUT2D eigenvalue weighted by Crippen LogP contribution is -2.46. The number of hydrogen-bond acceptors (Lipinski definition) is 4. The zero-order valence-corrected chi connectivity index (χ0v) is 11.4. The van der Waals surface area contributed by atoms with Crippen LogP contribution in [0, 0.1) is 5.92 Å². The predicted molar refractivity (Wildman–Crippen MR) is 76.5 cm³/mol. The molecule has 1 heterocycles. The van der Waals surface area contributed by atoms with Crippen LogP contribution in [0.5, 0.6) is 0 Å². The Hall–Kier alpha value is -2.24. The molecule has 6 heteroatoms. The molecule has 1 amide bonds. The van der Waals surface area contributed by atoms with Gasteiger partial charge in [-0.25, -0.2) is 4.79 Å². The maximum absolute atomic E-state index is 11.4. The van der Waals surface area contributed by atoms with Crippen LogP contribution in [0.2, 0.25) is 0 Å². The van der Waals surface area contributed by atoms with Crippen LogP contribution in [-0.4, -0.2) is 29.6 Å². The molecule has 0 aliphatic carbocycles. The number of carboxylic acid groups (broad SMARTS) is 1. The van der Waals surface area contributed by atoms with E-state index in [0.29, 0.717) is 17.9 Å². The smallest absolute Gasteiger partial charge is 0.335 e. The molecule has 0 spiro atoms. The van der Waals surface area contributed by atoms with Crippen molar-refractivity contribution in [2.24, 2.45) is 11.7 Å². The fourth-order valence-electron chi connectivity index (χ4n) is 2.60. The zero-order chi connectivity index (χ0) is 14.9. The normalized spacial score (nSPS) is 22.6. The summed E-state index contributed by atoms with van der Waals surface area (Å²) in [4.78, 5) is 24.4. The second-order valence-corrected chi connectivity index (χ2v) is 5.26. The fourth-order valence-corrected chi connectivity index (χ4v) is 2.60. The molecule has 1 aromatic rings. The molecule has 1 aliphatic heterocycles. The average molecular weight is 277 g/mol. The van der Waals surface area contributed by atoms with Crippen molar-refractivity contribution < 1.29 is 14.7 Å². The second-order valence-electron chi connectivity index (χ2n) is 5.26. The second kappa shape index (κ2) is 5.40. The van der Waals surface area contributed by atoms with E-state index in [4.69, 9.17) is 16.6 Å². The van der Waals surface area contributed by atoms with Gasteiger partial charge in [0.1, 0.15) is 0 Å². The molecule has 1 aliphatic rings. The Bertz CT molecular complexity index is 544. The molecule has 0 bridgehead atoms. The van der Waals surface area contributed by atoms with E-state index < -0.39 is 5.97 Å². The molecule has 0 saturated carbocycles. The number of nitrogen functional groups attached to an aromatic ring is 1. The summed E-state index contributed by atoms with van der Waals surface area (Å²) >= 11 is 0. The quantitative estimate of drug-likeness (QED) is 0.715. The lowest BCUT2D eigenvalue weighted by molar-refractivity contribution is -0.122. The predicted octanol–water partition coefficient (Wildman–Crippen LogP) is 1.06. The monoisotopic (exact) mass is 277 g/mol. The first kappa shape index (κ1) is 14.2. The summed E-state index contributed by atoms with van der Waals surface area (Å²) in [5.74, 6) is -1.55. The van der Waals surface area contributed by atoms with E-state index in [1.54, 1.807) is 12.1 Å². The molecule has 0 radical (unpaired) electrons. The van der Waals surface area contributed by atoms with Crippen LogP contribution in [0.1, 0.15) is 30.1 Å². The number of benzene rings is 1. The molecular formula is C14H19N3O3. The van der Waals surface area contributed by atoms with Gasteiger partial charge in [0.05, 0.1) is 22.9 Å². The first-order chi connectivity index (χ1) is 9.40. The highest BCUT2D eigenvalue weighted by molar-refractivity contribution is 5.90. The molecule has 0 aromatic heterocycles. The summed E-state index contributed by atoms with van der Waals surface area (Å²) in [7, 11) is 0. The number of carbonyl (C=O) groups excluding carboxylic acids is 1. The van der Waals surface area contributed by atoms with Crippen LogP contribution in [0.25, 0.3) is 0 Å². The zero-order valence-electron chi connectivity index (χ0n) is 11.4. The maximum atomic E-state index is 11.4. The highest BCUT2D eigenvalue weighted by Gasteiger charge is 2.30. The average Bonchev–Trinajstić information content (AvgIpc) is 2.39. The molecule has 108 valence electrons. The van der Waals surface area contributed by atoms with Crippen molar-refractivity contribution in [3.05, 3.63) is 23.8 Å². The number of anilines is 2. The molecule has 1 fully saturated rings. The van der Waals surface area contributed by atoms with Gasteiger partial charge in [0, 0.05) is 12.6 Å². The van der Waals surface area contributed by atoms with Gasteiger partial charge in [0.15, 0.2) is 0 Å². The number of hydrogen-bond donors (Lipinski definition) is 3. The van der Waals surface area contributed by atoms with Crippen LogP contribution in [0.15, 0.2) is 18.2 Å². The minimum absolute atomic E-state index is 0.183. The Morgan fingerprint density at radius 3 is 2.65 bits per heavy atom. The molecule has 1 aromatic carbocycles. The number of carboxylic acids is 1. The highest BCUT2D eigenvalue weighted by atomic mass is 16.4. The SMILES string of the molecule is CC1CCC(C(N)=O)CN1c1cc(C(=O)O)ccc1N. The van der Waals surface area contributed by atoms with Crippen LogP contribution < -0.4 is 16.4 Å². The molecule has 1 saturated heterocycles. The first-order valence-corrected chi connectivity index (χ1v) is 6.59. The number of nitrogens with zero attached hydrogens (tertiary/aromatic N) is 1. The number of rotatable bonds is 3. The summed E-state index contributed by atoms with van der Waals surface area (Å²) in [6.45, 7) is 2.51. The summed E-state index contributed by atoms with van der Waals surface area (Å²) in [6, 6.07) is 4.80. The largest absolute Gasteiger partial charge is 0.478 e. The Morgan fingerprint density at radius 2 is 2.05 bits per heavy atom. The van der Waals surface area contributed by atoms with E-state index >= 15 is 0 Å². The van der Waals surface area contributed by atoms with Gasteiger partial charge in [-0.05, 0) is 38.0 Å². The summed E-state index contributed by atoms with van der Waals surface area (Å²) < 4.78 is 0. The third-order valence-electron chi connectivity index (χ3n) is 3.87.